The smallest absolute Gasteiger partial charge is 0.335 e. The van der Waals surface area contributed by atoms with Gasteiger partial charge in [-0.1, -0.05) is 42.1 Å². The SMILES string of the molecule is C=CCn1c(CNC(=O)c2ccccc2)nnc1SCC(=O)Nc1cccc(C(=O)O)c1. The molecule has 0 spiro atoms. The Balaban J connectivity index is 1.60. The minimum atomic E-state index is -1.07. The average molecular weight is 452 g/mol. The van der Waals surface area contributed by atoms with E-state index in [1.54, 1.807) is 47.0 Å². The number of carbonyl (C=O) groups excluding carboxylic acids is 2. The molecule has 0 unspecified atom stereocenters. The molecule has 0 bridgehead atoms. The standard InChI is InChI=1S/C22H21N5O4S/c1-2-11-27-18(13-23-20(29)15-7-4-3-5-8-15)25-26-22(27)32-14-19(28)24-17-10-6-9-16(12-17)21(30)31/h2-10,12H,1,11,13-14H2,(H,23,29)(H,24,28)(H,30,31). The molecule has 1 heterocycles. The van der Waals surface area contributed by atoms with Gasteiger partial charge in [0.1, 0.15) is 0 Å². The van der Waals surface area contributed by atoms with E-state index in [-0.39, 0.29) is 29.7 Å². The number of rotatable bonds is 10. The Morgan fingerprint density at radius 1 is 1.06 bits per heavy atom. The average Bonchev–Trinajstić information content (AvgIpc) is 3.18. The molecule has 2 aromatic carbocycles. The van der Waals surface area contributed by atoms with Crippen LogP contribution in [0, 0.1) is 0 Å². The van der Waals surface area contributed by atoms with Gasteiger partial charge in [-0.2, -0.15) is 0 Å². The molecule has 2 amide bonds. The molecule has 164 valence electrons. The molecule has 3 aromatic rings. The van der Waals surface area contributed by atoms with Gasteiger partial charge in [-0.3, -0.25) is 9.59 Å². The van der Waals surface area contributed by atoms with Crippen molar-refractivity contribution in [2.75, 3.05) is 11.1 Å². The Labute approximate surface area is 188 Å². The molecule has 10 heteroatoms. The van der Waals surface area contributed by atoms with Crippen LogP contribution in [0.4, 0.5) is 5.69 Å². The van der Waals surface area contributed by atoms with E-state index in [2.05, 4.69) is 27.4 Å². The summed E-state index contributed by atoms with van der Waals surface area (Å²) in [5, 5.41) is 23.3. The van der Waals surface area contributed by atoms with E-state index < -0.39 is 5.97 Å². The molecule has 0 aliphatic rings. The Morgan fingerprint density at radius 2 is 1.81 bits per heavy atom. The molecule has 3 N–H and O–H groups in total. The van der Waals surface area contributed by atoms with Gasteiger partial charge in [0.15, 0.2) is 11.0 Å². The van der Waals surface area contributed by atoms with Crippen LogP contribution in [0.2, 0.25) is 0 Å². The van der Waals surface area contributed by atoms with Gasteiger partial charge in [-0.05, 0) is 30.3 Å². The first-order valence-corrected chi connectivity index (χ1v) is 10.6. The summed E-state index contributed by atoms with van der Waals surface area (Å²) in [5.41, 5.74) is 1.02. The third kappa shape index (κ3) is 6.05. The molecule has 0 aliphatic heterocycles. The molecule has 0 saturated carbocycles. The Kier molecular flexibility index (Phi) is 7.76. The van der Waals surface area contributed by atoms with Crippen molar-refractivity contribution >= 4 is 35.2 Å². The predicted octanol–water partition coefficient (Wildman–Crippen LogP) is 2.82. The first kappa shape index (κ1) is 22.8. The van der Waals surface area contributed by atoms with Crippen LogP contribution >= 0.6 is 11.8 Å². The zero-order valence-electron chi connectivity index (χ0n) is 17.0. The van der Waals surface area contributed by atoms with Crippen molar-refractivity contribution in [2.24, 2.45) is 0 Å². The molecule has 1 aromatic heterocycles. The molecule has 3 rings (SSSR count). The summed E-state index contributed by atoms with van der Waals surface area (Å²) in [4.78, 5) is 35.6. The molecule has 0 atom stereocenters. The number of carbonyl (C=O) groups is 3. The van der Waals surface area contributed by atoms with Gasteiger partial charge in [0.05, 0.1) is 17.9 Å². The summed E-state index contributed by atoms with van der Waals surface area (Å²) >= 11 is 1.18. The number of aromatic carboxylic acids is 1. The quantitative estimate of drug-likeness (QED) is 0.320. The number of anilines is 1. The number of carboxylic acid groups (broad SMARTS) is 1. The highest BCUT2D eigenvalue weighted by Gasteiger charge is 2.15. The fourth-order valence-electron chi connectivity index (χ4n) is 2.78. The number of benzene rings is 2. The van der Waals surface area contributed by atoms with Gasteiger partial charge in [0.25, 0.3) is 5.91 Å². The summed E-state index contributed by atoms with van der Waals surface area (Å²) in [5.74, 6) is -1.03. The van der Waals surface area contributed by atoms with Crippen LogP contribution in [0.5, 0.6) is 0 Å². The van der Waals surface area contributed by atoms with Gasteiger partial charge < -0.3 is 20.3 Å². The number of carboxylic acids is 1. The number of thioether (sulfide) groups is 1. The summed E-state index contributed by atoms with van der Waals surface area (Å²) in [6, 6.07) is 14.8. The van der Waals surface area contributed by atoms with Crippen molar-refractivity contribution in [3.63, 3.8) is 0 Å². The largest absolute Gasteiger partial charge is 0.478 e. The van der Waals surface area contributed by atoms with Crippen LogP contribution in [0.3, 0.4) is 0 Å². The Morgan fingerprint density at radius 3 is 2.53 bits per heavy atom. The zero-order valence-corrected chi connectivity index (χ0v) is 17.8. The number of amides is 2. The first-order valence-electron chi connectivity index (χ1n) is 9.60. The lowest BCUT2D eigenvalue weighted by molar-refractivity contribution is -0.113. The lowest BCUT2D eigenvalue weighted by atomic mass is 10.2. The molecule has 0 aliphatic carbocycles. The van der Waals surface area contributed by atoms with Gasteiger partial charge in [0, 0.05) is 17.8 Å². The minimum Gasteiger partial charge on any atom is -0.478 e. The van der Waals surface area contributed by atoms with E-state index in [4.69, 9.17) is 5.11 Å². The van der Waals surface area contributed by atoms with E-state index in [1.807, 2.05) is 6.07 Å². The van der Waals surface area contributed by atoms with E-state index in [1.165, 1.54) is 23.9 Å². The Hall–Kier alpha value is -3.92. The molecular formula is C22H21N5O4S. The number of aromatic nitrogens is 3. The third-order valence-corrected chi connectivity index (χ3v) is 5.24. The second-order valence-electron chi connectivity index (χ2n) is 6.57. The fraction of sp³-hybridized carbons (Fsp3) is 0.136. The number of nitrogens with zero attached hydrogens (tertiary/aromatic N) is 3. The van der Waals surface area contributed by atoms with E-state index in [0.29, 0.717) is 28.8 Å². The summed E-state index contributed by atoms with van der Waals surface area (Å²) in [7, 11) is 0. The number of allylic oxidation sites excluding steroid dienone is 1. The zero-order chi connectivity index (χ0) is 22.9. The maximum absolute atomic E-state index is 12.3. The van der Waals surface area contributed by atoms with Crippen molar-refractivity contribution in [1.29, 1.82) is 0 Å². The molecule has 9 nitrogen and oxygen atoms in total. The van der Waals surface area contributed by atoms with Gasteiger partial charge >= 0.3 is 5.97 Å². The molecule has 0 fully saturated rings. The van der Waals surface area contributed by atoms with Crippen molar-refractivity contribution in [3.05, 3.63) is 84.2 Å². The second kappa shape index (κ2) is 10.9. The van der Waals surface area contributed by atoms with Crippen LogP contribution in [0.15, 0.2) is 72.4 Å². The number of hydrogen-bond acceptors (Lipinski definition) is 6. The van der Waals surface area contributed by atoms with Crippen molar-refractivity contribution in [1.82, 2.24) is 20.1 Å². The van der Waals surface area contributed by atoms with Gasteiger partial charge in [-0.25, -0.2) is 4.79 Å². The maximum Gasteiger partial charge on any atom is 0.335 e. The predicted molar refractivity (Wildman–Crippen MR) is 121 cm³/mol. The van der Waals surface area contributed by atoms with Crippen LogP contribution in [0.25, 0.3) is 0 Å². The van der Waals surface area contributed by atoms with Crippen LogP contribution < -0.4 is 10.6 Å². The fourth-order valence-corrected chi connectivity index (χ4v) is 3.54. The monoisotopic (exact) mass is 451 g/mol. The molecule has 0 radical (unpaired) electrons. The summed E-state index contributed by atoms with van der Waals surface area (Å²) in [6.07, 6.45) is 1.67. The van der Waals surface area contributed by atoms with Gasteiger partial charge in [-0.15, -0.1) is 16.8 Å². The summed E-state index contributed by atoms with van der Waals surface area (Å²) < 4.78 is 1.77. The van der Waals surface area contributed by atoms with E-state index >= 15 is 0 Å². The van der Waals surface area contributed by atoms with Crippen molar-refractivity contribution in [2.45, 2.75) is 18.2 Å². The van der Waals surface area contributed by atoms with Crippen molar-refractivity contribution in [3.8, 4) is 0 Å². The second-order valence-corrected chi connectivity index (χ2v) is 7.51. The normalized spacial score (nSPS) is 10.4. The highest BCUT2D eigenvalue weighted by molar-refractivity contribution is 7.99. The topological polar surface area (TPSA) is 126 Å². The number of nitrogens with one attached hydrogen (secondary N) is 2. The summed E-state index contributed by atoms with van der Waals surface area (Å²) in [6.45, 7) is 4.31. The molecule has 32 heavy (non-hydrogen) atoms. The Bertz CT molecular complexity index is 1130. The van der Waals surface area contributed by atoms with Crippen LogP contribution in [-0.4, -0.2) is 43.4 Å². The minimum absolute atomic E-state index is 0.0446. The molecule has 0 saturated heterocycles. The first-order chi connectivity index (χ1) is 15.5. The van der Waals surface area contributed by atoms with Crippen LogP contribution in [-0.2, 0) is 17.9 Å². The van der Waals surface area contributed by atoms with Crippen LogP contribution in [0.1, 0.15) is 26.5 Å². The lowest BCUT2D eigenvalue weighted by Crippen LogP contribution is -2.24. The van der Waals surface area contributed by atoms with E-state index in [9.17, 15) is 14.4 Å². The van der Waals surface area contributed by atoms with E-state index in [0.717, 1.165) is 0 Å². The highest BCUT2D eigenvalue weighted by Crippen LogP contribution is 2.18. The lowest BCUT2D eigenvalue weighted by Gasteiger charge is -2.09. The van der Waals surface area contributed by atoms with Gasteiger partial charge in [0.2, 0.25) is 5.91 Å². The maximum atomic E-state index is 12.3. The number of hydrogen-bond donors (Lipinski definition) is 3. The third-order valence-electron chi connectivity index (χ3n) is 4.27. The van der Waals surface area contributed by atoms with Crippen molar-refractivity contribution < 1.29 is 19.5 Å². The molecular weight excluding hydrogens is 430 g/mol. The highest BCUT2D eigenvalue weighted by atomic mass is 32.2.